The lowest BCUT2D eigenvalue weighted by Gasteiger charge is -2.02. The zero-order valence-electron chi connectivity index (χ0n) is 8.01. The van der Waals surface area contributed by atoms with Gasteiger partial charge in [-0.1, -0.05) is 13.3 Å². The van der Waals surface area contributed by atoms with Crippen LogP contribution in [0, 0.1) is 0 Å². The molecule has 0 bridgehead atoms. The molecule has 0 aliphatic rings. The Morgan fingerprint density at radius 2 is 2.14 bits per heavy atom. The second-order valence-electron chi connectivity index (χ2n) is 3.26. The van der Waals surface area contributed by atoms with E-state index < -0.39 is 12.6 Å². The molecule has 1 aromatic heterocycles. The largest absolute Gasteiger partial charge is 0.393 e. The van der Waals surface area contributed by atoms with Gasteiger partial charge in [-0.2, -0.15) is 18.3 Å². The van der Waals surface area contributed by atoms with Crippen molar-refractivity contribution in [3.05, 3.63) is 18.0 Å². The molecule has 0 unspecified atom stereocenters. The van der Waals surface area contributed by atoms with Crippen molar-refractivity contribution in [2.75, 3.05) is 0 Å². The van der Waals surface area contributed by atoms with Crippen molar-refractivity contribution in [3.8, 4) is 0 Å². The molecule has 0 aliphatic heterocycles. The molecule has 0 fully saturated rings. The number of unbranched alkanes of at least 4 members (excludes halogenated alkanes) is 1. The van der Waals surface area contributed by atoms with Gasteiger partial charge in [0.2, 0.25) is 0 Å². The van der Waals surface area contributed by atoms with E-state index in [0.717, 1.165) is 12.8 Å². The van der Waals surface area contributed by atoms with Gasteiger partial charge < -0.3 is 0 Å². The van der Waals surface area contributed by atoms with Gasteiger partial charge in [0.05, 0.1) is 12.6 Å². The average molecular weight is 206 g/mol. The van der Waals surface area contributed by atoms with Gasteiger partial charge in [-0.15, -0.1) is 0 Å². The zero-order chi connectivity index (χ0) is 10.6. The molecule has 0 saturated carbocycles. The smallest absolute Gasteiger partial charge is 0.272 e. The van der Waals surface area contributed by atoms with Crippen molar-refractivity contribution in [2.24, 2.45) is 0 Å². The van der Waals surface area contributed by atoms with Crippen LogP contribution < -0.4 is 0 Å². The van der Waals surface area contributed by atoms with Crippen molar-refractivity contribution in [1.82, 2.24) is 9.78 Å². The van der Waals surface area contributed by atoms with Crippen LogP contribution in [-0.4, -0.2) is 16.0 Å². The van der Waals surface area contributed by atoms with Gasteiger partial charge in [0.15, 0.2) is 0 Å². The number of aromatic nitrogens is 2. The minimum Gasteiger partial charge on any atom is -0.272 e. The maximum absolute atomic E-state index is 12.0. The summed E-state index contributed by atoms with van der Waals surface area (Å²) in [5, 5.41) is 3.85. The highest BCUT2D eigenvalue weighted by Gasteiger charge is 2.28. The highest BCUT2D eigenvalue weighted by atomic mass is 19.4. The van der Waals surface area contributed by atoms with Gasteiger partial charge in [-0.05, 0) is 12.0 Å². The SMILES string of the molecule is CCCCn1cc(CC(F)(F)F)cn1. The lowest BCUT2D eigenvalue weighted by Crippen LogP contribution is -2.10. The number of rotatable bonds is 4. The summed E-state index contributed by atoms with van der Waals surface area (Å²) in [4.78, 5) is 0. The quantitative estimate of drug-likeness (QED) is 0.740. The molecule has 0 aromatic carbocycles. The van der Waals surface area contributed by atoms with E-state index >= 15 is 0 Å². The molecule has 0 atom stereocenters. The van der Waals surface area contributed by atoms with Crippen LogP contribution in [0.4, 0.5) is 13.2 Å². The van der Waals surface area contributed by atoms with Crippen LogP contribution in [-0.2, 0) is 13.0 Å². The minimum atomic E-state index is -4.14. The summed E-state index contributed by atoms with van der Waals surface area (Å²) in [7, 11) is 0. The Balaban J connectivity index is 2.51. The van der Waals surface area contributed by atoms with Gasteiger partial charge >= 0.3 is 6.18 Å². The third-order valence-corrected chi connectivity index (χ3v) is 1.83. The van der Waals surface area contributed by atoms with Crippen molar-refractivity contribution in [3.63, 3.8) is 0 Å². The summed E-state index contributed by atoms with van der Waals surface area (Å²) in [6.07, 6.45) is -0.342. The van der Waals surface area contributed by atoms with E-state index in [0.29, 0.717) is 6.54 Å². The lowest BCUT2D eigenvalue weighted by atomic mass is 10.2. The summed E-state index contributed by atoms with van der Waals surface area (Å²) in [5.41, 5.74) is 0.230. The molecular weight excluding hydrogens is 193 g/mol. The Kier molecular flexibility index (Phi) is 3.55. The molecular formula is C9H13F3N2. The molecule has 0 spiro atoms. The average Bonchev–Trinajstić information content (AvgIpc) is 2.46. The molecule has 0 amide bonds. The number of alkyl halides is 3. The Labute approximate surface area is 80.7 Å². The highest BCUT2D eigenvalue weighted by Crippen LogP contribution is 2.20. The van der Waals surface area contributed by atoms with E-state index in [4.69, 9.17) is 0 Å². The molecule has 1 rings (SSSR count). The molecule has 5 heteroatoms. The number of aryl methyl sites for hydroxylation is 1. The number of hydrogen-bond donors (Lipinski definition) is 0. The first-order chi connectivity index (χ1) is 6.51. The van der Waals surface area contributed by atoms with Crippen LogP contribution >= 0.6 is 0 Å². The third kappa shape index (κ3) is 3.81. The molecule has 80 valence electrons. The zero-order valence-corrected chi connectivity index (χ0v) is 8.01. The summed E-state index contributed by atoms with van der Waals surface area (Å²) in [6.45, 7) is 2.72. The van der Waals surface area contributed by atoms with Gasteiger partial charge in [0.1, 0.15) is 0 Å². The first-order valence-corrected chi connectivity index (χ1v) is 4.59. The molecule has 14 heavy (non-hydrogen) atoms. The second kappa shape index (κ2) is 4.48. The summed E-state index contributed by atoms with van der Waals surface area (Å²) < 4.78 is 37.5. The molecule has 1 aromatic rings. The summed E-state index contributed by atoms with van der Waals surface area (Å²) in [6, 6.07) is 0. The monoisotopic (exact) mass is 206 g/mol. The molecule has 1 heterocycles. The first kappa shape index (κ1) is 11.1. The molecule has 0 N–H and O–H groups in total. The van der Waals surface area contributed by atoms with Gasteiger partial charge in [-0.25, -0.2) is 0 Å². The Hall–Kier alpha value is -1.00. The predicted octanol–water partition coefficient (Wildman–Crippen LogP) is 2.79. The highest BCUT2D eigenvalue weighted by molar-refractivity contribution is 5.05. The normalized spacial score (nSPS) is 12.0. The van der Waals surface area contributed by atoms with Crippen LogP contribution in [0.25, 0.3) is 0 Å². The van der Waals surface area contributed by atoms with Crippen molar-refractivity contribution in [2.45, 2.75) is 38.9 Å². The Morgan fingerprint density at radius 3 is 2.71 bits per heavy atom. The van der Waals surface area contributed by atoms with Crippen molar-refractivity contribution >= 4 is 0 Å². The van der Waals surface area contributed by atoms with Gasteiger partial charge in [0, 0.05) is 12.7 Å². The van der Waals surface area contributed by atoms with E-state index in [1.54, 1.807) is 4.68 Å². The van der Waals surface area contributed by atoms with E-state index in [-0.39, 0.29) is 5.56 Å². The third-order valence-electron chi connectivity index (χ3n) is 1.83. The van der Waals surface area contributed by atoms with Crippen LogP contribution in [0.3, 0.4) is 0 Å². The van der Waals surface area contributed by atoms with Crippen LogP contribution in [0.15, 0.2) is 12.4 Å². The summed E-state index contributed by atoms with van der Waals surface area (Å²) in [5.74, 6) is 0. The Morgan fingerprint density at radius 1 is 1.43 bits per heavy atom. The second-order valence-corrected chi connectivity index (χ2v) is 3.26. The fourth-order valence-corrected chi connectivity index (χ4v) is 1.17. The molecule has 2 nitrogen and oxygen atoms in total. The fourth-order valence-electron chi connectivity index (χ4n) is 1.17. The maximum Gasteiger partial charge on any atom is 0.393 e. The molecule has 0 radical (unpaired) electrons. The predicted molar refractivity (Wildman–Crippen MR) is 46.9 cm³/mol. The van der Waals surface area contributed by atoms with E-state index in [9.17, 15) is 13.2 Å². The van der Waals surface area contributed by atoms with Crippen LogP contribution in [0.2, 0.25) is 0 Å². The first-order valence-electron chi connectivity index (χ1n) is 4.59. The number of hydrogen-bond acceptors (Lipinski definition) is 1. The van der Waals surface area contributed by atoms with E-state index in [1.165, 1.54) is 12.4 Å². The Bertz CT molecular complexity index is 278. The van der Waals surface area contributed by atoms with Gasteiger partial charge in [-0.3, -0.25) is 4.68 Å². The van der Waals surface area contributed by atoms with Gasteiger partial charge in [0.25, 0.3) is 0 Å². The number of halogens is 3. The maximum atomic E-state index is 12.0. The topological polar surface area (TPSA) is 17.8 Å². The van der Waals surface area contributed by atoms with Crippen molar-refractivity contribution in [1.29, 1.82) is 0 Å². The number of nitrogens with zero attached hydrogens (tertiary/aromatic N) is 2. The standard InChI is InChI=1S/C9H13F3N2/c1-2-3-4-14-7-8(6-13-14)5-9(10,11)12/h6-7H,2-5H2,1H3. The van der Waals surface area contributed by atoms with Crippen molar-refractivity contribution < 1.29 is 13.2 Å². The molecule has 0 aliphatic carbocycles. The molecule has 0 saturated heterocycles. The van der Waals surface area contributed by atoms with E-state index in [2.05, 4.69) is 5.10 Å². The summed E-state index contributed by atoms with van der Waals surface area (Å²) >= 11 is 0. The lowest BCUT2D eigenvalue weighted by molar-refractivity contribution is -0.127. The van der Waals surface area contributed by atoms with E-state index in [1.807, 2.05) is 6.92 Å². The van der Waals surface area contributed by atoms with Crippen LogP contribution in [0.1, 0.15) is 25.3 Å². The van der Waals surface area contributed by atoms with Crippen LogP contribution in [0.5, 0.6) is 0 Å². The minimum absolute atomic E-state index is 0.230. The fraction of sp³-hybridized carbons (Fsp3) is 0.667.